The number of carbonyl (C=O) groups excluding carboxylic acids is 2. The maximum Gasteiger partial charge on any atom is 0.253 e. The summed E-state index contributed by atoms with van der Waals surface area (Å²) >= 11 is 3.36. The molecule has 90 valence electrons. The first-order valence-electron chi connectivity index (χ1n) is 5.71. The normalized spacial score (nSPS) is 16.9. The van der Waals surface area contributed by atoms with E-state index in [1.165, 1.54) is 0 Å². The van der Waals surface area contributed by atoms with Crippen molar-refractivity contribution in [1.29, 1.82) is 0 Å². The number of halogens is 1. The SMILES string of the molecule is O=CC1CCN(C(=O)c2cccc(Br)c2)CC1. The summed E-state index contributed by atoms with van der Waals surface area (Å²) < 4.78 is 0.908. The lowest BCUT2D eigenvalue weighted by atomic mass is 9.98. The molecule has 0 aliphatic carbocycles. The Kier molecular flexibility index (Phi) is 3.94. The van der Waals surface area contributed by atoms with Crippen LogP contribution >= 0.6 is 15.9 Å². The fourth-order valence-corrected chi connectivity index (χ4v) is 2.44. The third-order valence-electron chi connectivity index (χ3n) is 3.09. The molecule has 0 N–H and O–H groups in total. The molecular formula is C13H14BrNO2. The summed E-state index contributed by atoms with van der Waals surface area (Å²) in [5.41, 5.74) is 0.698. The molecule has 4 heteroatoms. The minimum atomic E-state index is 0.0515. The molecule has 1 saturated heterocycles. The van der Waals surface area contributed by atoms with Crippen LogP contribution in [-0.2, 0) is 4.79 Å². The van der Waals surface area contributed by atoms with Gasteiger partial charge in [0.1, 0.15) is 6.29 Å². The molecule has 1 aromatic rings. The van der Waals surface area contributed by atoms with Crippen LogP contribution in [-0.4, -0.2) is 30.2 Å². The number of hydrogen-bond acceptors (Lipinski definition) is 2. The fourth-order valence-electron chi connectivity index (χ4n) is 2.04. The number of carbonyl (C=O) groups is 2. The van der Waals surface area contributed by atoms with Gasteiger partial charge in [-0.15, -0.1) is 0 Å². The van der Waals surface area contributed by atoms with E-state index < -0.39 is 0 Å². The van der Waals surface area contributed by atoms with Crippen molar-refractivity contribution >= 4 is 28.1 Å². The molecule has 3 nitrogen and oxygen atoms in total. The van der Waals surface area contributed by atoms with Gasteiger partial charge in [0.05, 0.1) is 0 Å². The second kappa shape index (κ2) is 5.45. The average Bonchev–Trinajstić information content (AvgIpc) is 2.38. The monoisotopic (exact) mass is 295 g/mol. The van der Waals surface area contributed by atoms with Gasteiger partial charge in [0, 0.05) is 29.0 Å². The Morgan fingerprint density at radius 3 is 2.65 bits per heavy atom. The lowest BCUT2D eigenvalue weighted by Gasteiger charge is -2.29. The molecule has 1 aliphatic heterocycles. The standard InChI is InChI=1S/C13H14BrNO2/c14-12-3-1-2-11(8-12)13(17)15-6-4-10(9-16)5-7-15/h1-3,8-10H,4-7H2. The van der Waals surface area contributed by atoms with Crippen molar-refractivity contribution in [3.05, 3.63) is 34.3 Å². The highest BCUT2D eigenvalue weighted by Gasteiger charge is 2.23. The second-order valence-electron chi connectivity index (χ2n) is 4.28. The highest BCUT2D eigenvalue weighted by molar-refractivity contribution is 9.10. The van der Waals surface area contributed by atoms with Gasteiger partial charge >= 0.3 is 0 Å². The van der Waals surface area contributed by atoms with Crippen LogP contribution in [0.2, 0.25) is 0 Å². The quantitative estimate of drug-likeness (QED) is 0.786. The van der Waals surface area contributed by atoms with Gasteiger partial charge in [-0.2, -0.15) is 0 Å². The molecule has 0 spiro atoms. The lowest BCUT2D eigenvalue weighted by Crippen LogP contribution is -2.38. The molecule has 0 aromatic heterocycles. The van der Waals surface area contributed by atoms with E-state index in [1.54, 1.807) is 0 Å². The molecule has 0 atom stereocenters. The summed E-state index contributed by atoms with van der Waals surface area (Å²) in [7, 11) is 0. The van der Waals surface area contributed by atoms with Gasteiger partial charge in [-0.25, -0.2) is 0 Å². The van der Waals surface area contributed by atoms with Crippen LogP contribution in [0.15, 0.2) is 28.7 Å². The zero-order valence-electron chi connectivity index (χ0n) is 9.43. The molecule has 1 aliphatic rings. The van der Waals surface area contributed by atoms with Crippen molar-refractivity contribution < 1.29 is 9.59 Å². The number of amides is 1. The summed E-state index contributed by atoms with van der Waals surface area (Å²) in [5.74, 6) is 0.178. The molecular weight excluding hydrogens is 282 g/mol. The molecule has 2 rings (SSSR count). The molecule has 1 fully saturated rings. The van der Waals surface area contributed by atoms with E-state index in [0.29, 0.717) is 18.7 Å². The summed E-state index contributed by atoms with van der Waals surface area (Å²) in [4.78, 5) is 24.6. The first-order valence-corrected chi connectivity index (χ1v) is 6.50. The van der Waals surface area contributed by atoms with Gasteiger partial charge in [-0.3, -0.25) is 4.79 Å². The van der Waals surface area contributed by atoms with Crippen LogP contribution in [0, 0.1) is 5.92 Å². The van der Waals surface area contributed by atoms with Gasteiger partial charge in [0.15, 0.2) is 0 Å². The molecule has 0 unspecified atom stereocenters. The fraction of sp³-hybridized carbons (Fsp3) is 0.385. The van der Waals surface area contributed by atoms with E-state index in [4.69, 9.17) is 0 Å². The molecule has 1 heterocycles. The maximum atomic E-state index is 12.2. The number of likely N-dealkylation sites (tertiary alicyclic amines) is 1. The zero-order chi connectivity index (χ0) is 12.3. The van der Waals surface area contributed by atoms with Crippen molar-refractivity contribution in [2.45, 2.75) is 12.8 Å². The van der Waals surface area contributed by atoms with E-state index >= 15 is 0 Å². The summed E-state index contributed by atoms with van der Waals surface area (Å²) in [6, 6.07) is 7.40. The summed E-state index contributed by atoms with van der Waals surface area (Å²) in [6.07, 6.45) is 2.56. The van der Waals surface area contributed by atoms with Crippen molar-refractivity contribution in [3.8, 4) is 0 Å². The minimum Gasteiger partial charge on any atom is -0.339 e. The van der Waals surface area contributed by atoms with E-state index in [0.717, 1.165) is 23.6 Å². The summed E-state index contributed by atoms with van der Waals surface area (Å²) in [6.45, 7) is 1.35. The molecule has 0 radical (unpaired) electrons. The predicted octanol–water partition coefficient (Wildman–Crippen LogP) is 2.50. The molecule has 1 amide bonds. The average molecular weight is 296 g/mol. The van der Waals surface area contributed by atoms with E-state index in [9.17, 15) is 9.59 Å². The van der Waals surface area contributed by atoms with Crippen molar-refractivity contribution in [3.63, 3.8) is 0 Å². The van der Waals surface area contributed by atoms with Crippen LogP contribution in [0.3, 0.4) is 0 Å². The van der Waals surface area contributed by atoms with Gasteiger partial charge in [0.25, 0.3) is 5.91 Å². The molecule has 1 aromatic carbocycles. The van der Waals surface area contributed by atoms with Gasteiger partial charge in [-0.05, 0) is 31.0 Å². The van der Waals surface area contributed by atoms with Gasteiger partial charge in [-0.1, -0.05) is 22.0 Å². The zero-order valence-corrected chi connectivity index (χ0v) is 11.0. The van der Waals surface area contributed by atoms with E-state index in [1.807, 2.05) is 29.2 Å². The number of piperidine rings is 1. The number of rotatable bonds is 2. The van der Waals surface area contributed by atoms with Crippen molar-refractivity contribution in [2.24, 2.45) is 5.92 Å². The predicted molar refractivity (Wildman–Crippen MR) is 68.8 cm³/mol. The first kappa shape index (κ1) is 12.3. The Bertz CT molecular complexity index is 425. The third kappa shape index (κ3) is 2.94. The van der Waals surface area contributed by atoms with Crippen molar-refractivity contribution in [1.82, 2.24) is 4.90 Å². The van der Waals surface area contributed by atoms with E-state index in [-0.39, 0.29) is 11.8 Å². The molecule has 0 saturated carbocycles. The Morgan fingerprint density at radius 1 is 1.35 bits per heavy atom. The number of hydrogen-bond donors (Lipinski definition) is 0. The van der Waals surface area contributed by atoms with Crippen LogP contribution < -0.4 is 0 Å². The Hall–Kier alpha value is -1.16. The lowest BCUT2D eigenvalue weighted by molar-refractivity contribution is -0.112. The largest absolute Gasteiger partial charge is 0.339 e. The minimum absolute atomic E-state index is 0.0515. The topological polar surface area (TPSA) is 37.4 Å². The third-order valence-corrected chi connectivity index (χ3v) is 3.58. The Labute approximate surface area is 109 Å². The Balaban J connectivity index is 2.04. The summed E-state index contributed by atoms with van der Waals surface area (Å²) in [5, 5.41) is 0. The second-order valence-corrected chi connectivity index (χ2v) is 5.19. The number of nitrogens with zero attached hydrogens (tertiary/aromatic N) is 1. The van der Waals surface area contributed by atoms with Gasteiger partial charge < -0.3 is 9.69 Å². The van der Waals surface area contributed by atoms with Crippen LogP contribution in [0.25, 0.3) is 0 Å². The highest BCUT2D eigenvalue weighted by atomic mass is 79.9. The molecule has 0 bridgehead atoms. The number of benzene rings is 1. The first-order chi connectivity index (χ1) is 8.20. The number of aldehydes is 1. The van der Waals surface area contributed by atoms with Crippen LogP contribution in [0.4, 0.5) is 0 Å². The van der Waals surface area contributed by atoms with E-state index in [2.05, 4.69) is 15.9 Å². The smallest absolute Gasteiger partial charge is 0.253 e. The highest BCUT2D eigenvalue weighted by Crippen LogP contribution is 2.19. The maximum absolute atomic E-state index is 12.2. The van der Waals surface area contributed by atoms with Crippen molar-refractivity contribution in [2.75, 3.05) is 13.1 Å². The van der Waals surface area contributed by atoms with Gasteiger partial charge in [0.2, 0.25) is 0 Å². The Morgan fingerprint density at radius 2 is 2.06 bits per heavy atom. The molecule has 17 heavy (non-hydrogen) atoms. The van der Waals surface area contributed by atoms with Crippen LogP contribution in [0.5, 0.6) is 0 Å². The van der Waals surface area contributed by atoms with Crippen LogP contribution in [0.1, 0.15) is 23.2 Å².